The summed E-state index contributed by atoms with van der Waals surface area (Å²) in [7, 11) is 0. The summed E-state index contributed by atoms with van der Waals surface area (Å²) < 4.78 is 13.0. The molecule has 12 heteroatoms. The third-order valence-corrected chi connectivity index (χ3v) is 9.41. The van der Waals surface area contributed by atoms with Crippen LogP contribution in [0.25, 0.3) is 99.7 Å². The molecule has 0 aliphatic carbocycles. The smallest absolute Gasteiger partial charge is 0.228 e. The van der Waals surface area contributed by atoms with E-state index in [1.807, 2.05) is 85.1 Å². The van der Waals surface area contributed by atoms with Gasteiger partial charge in [0.2, 0.25) is 5.89 Å². The highest BCUT2D eigenvalue weighted by Gasteiger charge is 2.35. The standard InChI is InChI=1S/C36H21N9O2S/c1-2-9-20-19(8-1)40-34(41-20)30-27(23-12-7-15-37-23)28(24-18-46-45-44-24)29(33-38-16-17-39-33)31(35-42-21-10-3-5-13-25(21)47-35)32(30)36-43-22-11-4-6-14-26(22)48-36/h1-18,37H,(H,38,39)(H,40,41). The predicted molar refractivity (Wildman–Crippen MR) is 184 cm³/mol. The van der Waals surface area contributed by atoms with Gasteiger partial charge in [-0.2, -0.15) is 0 Å². The molecule has 0 atom stereocenters. The summed E-state index contributed by atoms with van der Waals surface area (Å²) in [5.41, 5.74) is 9.70. The number of thiazole rings is 1. The molecule has 3 N–H and O–H groups in total. The number of aromatic amines is 3. The Morgan fingerprint density at radius 2 is 1.46 bits per heavy atom. The van der Waals surface area contributed by atoms with E-state index in [0.717, 1.165) is 54.2 Å². The third kappa shape index (κ3) is 4.06. The van der Waals surface area contributed by atoms with E-state index >= 15 is 0 Å². The van der Waals surface area contributed by atoms with Crippen LogP contribution in [-0.2, 0) is 0 Å². The molecule has 0 amide bonds. The van der Waals surface area contributed by atoms with Crippen LogP contribution in [0, 0.1) is 0 Å². The van der Waals surface area contributed by atoms with Crippen LogP contribution in [0.1, 0.15) is 0 Å². The molecule has 0 radical (unpaired) electrons. The first-order chi connectivity index (χ1) is 23.8. The molecule has 0 unspecified atom stereocenters. The highest BCUT2D eigenvalue weighted by atomic mass is 32.1. The lowest BCUT2D eigenvalue weighted by Crippen LogP contribution is -2.03. The monoisotopic (exact) mass is 643 g/mol. The molecule has 11 nitrogen and oxygen atoms in total. The van der Waals surface area contributed by atoms with E-state index in [9.17, 15) is 0 Å². The minimum absolute atomic E-state index is 0.393. The Morgan fingerprint density at radius 1 is 0.625 bits per heavy atom. The van der Waals surface area contributed by atoms with Crippen molar-refractivity contribution in [1.29, 1.82) is 0 Å². The van der Waals surface area contributed by atoms with Gasteiger partial charge >= 0.3 is 0 Å². The van der Waals surface area contributed by atoms with Crippen molar-refractivity contribution >= 4 is 43.7 Å². The first-order valence-corrected chi connectivity index (χ1v) is 15.9. The number of para-hydroxylation sites is 5. The van der Waals surface area contributed by atoms with E-state index < -0.39 is 0 Å². The largest absolute Gasteiger partial charge is 0.436 e. The zero-order valence-electron chi connectivity index (χ0n) is 24.8. The van der Waals surface area contributed by atoms with E-state index in [0.29, 0.717) is 45.5 Å². The van der Waals surface area contributed by atoms with Gasteiger partial charge in [0.05, 0.1) is 26.8 Å². The summed E-state index contributed by atoms with van der Waals surface area (Å²) in [6.45, 7) is 0. The minimum atomic E-state index is 0.393. The Hall–Kier alpha value is -6.66. The van der Waals surface area contributed by atoms with Crippen LogP contribution in [0.15, 0.2) is 119 Å². The molecule has 10 aromatic rings. The summed E-state index contributed by atoms with van der Waals surface area (Å²) in [6, 6.07) is 27.8. The second-order valence-electron chi connectivity index (χ2n) is 11.1. The number of nitrogens with one attached hydrogen (secondary N) is 3. The highest BCUT2D eigenvalue weighted by Crippen LogP contribution is 2.55. The zero-order valence-corrected chi connectivity index (χ0v) is 25.6. The molecular formula is C36H21N9O2S. The summed E-state index contributed by atoms with van der Waals surface area (Å²) in [5.74, 6) is 1.61. The number of nitrogens with zero attached hydrogens (tertiary/aromatic N) is 6. The van der Waals surface area contributed by atoms with Crippen LogP contribution in [0.4, 0.5) is 0 Å². The molecule has 228 valence electrons. The van der Waals surface area contributed by atoms with Gasteiger partial charge in [-0.05, 0) is 48.5 Å². The van der Waals surface area contributed by atoms with Crippen molar-refractivity contribution in [1.82, 2.24) is 45.3 Å². The van der Waals surface area contributed by atoms with Gasteiger partial charge in [0.15, 0.2) is 11.8 Å². The van der Waals surface area contributed by atoms with E-state index in [1.54, 1.807) is 23.7 Å². The maximum atomic E-state index is 6.61. The first-order valence-electron chi connectivity index (χ1n) is 15.1. The fraction of sp³-hybridized carbons (Fsp3) is 0. The molecule has 4 aromatic carbocycles. The second kappa shape index (κ2) is 10.4. The van der Waals surface area contributed by atoms with Crippen LogP contribution in [0.2, 0.25) is 0 Å². The molecule has 10 rings (SSSR count). The molecular weight excluding hydrogens is 623 g/mol. The molecule has 0 spiro atoms. The van der Waals surface area contributed by atoms with Crippen molar-refractivity contribution < 1.29 is 8.94 Å². The van der Waals surface area contributed by atoms with Gasteiger partial charge in [-0.15, -0.1) is 16.4 Å². The SMILES string of the molecule is c1c[nH]c(-c2c(-c3conn3)c(-c3ncc[nH]3)c(-c3nc4ccccc4o3)c(-c3nc4ccccc4s3)c2-c2nc3ccccc3[nH]2)c1. The van der Waals surface area contributed by atoms with E-state index in [-0.39, 0.29) is 0 Å². The van der Waals surface area contributed by atoms with Gasteiger partial charge in [-0.1, -0.05) is 36.4 Å². The maximum Gasteiger partial charge on any atom is 0.228 e. The van der Waals surface area contributed by atoms with Crippen LogP contribution in [0.3, 0.4) is 0 Å². The molecule has 0 saturated carbocycles. The molecule has 0 aliphatic rings. The van der Waals surface area contributed by atoms with Crippen LogP contribution in [0.5, 0.6) is 0 Å². The van der Waals surface area contributed by atoms with Crippen molar-refractivity contribution in [3.05, 3.63) is 110 Å². The Morgan fingerprint density at radius 3 is 2.23 bits per heavy atom. The lowest BCUT2D eigenvalue weighted by Gasteiger charge is -2.22. The number of oxazole rings is 1. The van der Waals surface area contributed by atoms with Crippen molar-refractivity contribution in [2.75, 3.05) is 0 Å². The summed E-state index contributed by atoms with van der Waals surface area (Å²) >= 11 is 1.59. The van der Waals surface area contributed by atoms with Crippen LogP contribution in [-0.4, -0.2) is 45.3 Å². The number of rotatable bonds is 6. The third-order valence-electron chi connectivity index (χ3n) is 8.36. The number of fused-ring (bicyclic) bond motifs is 3. The topological polar surface area (TPSA) is 151 Å². The van der Waals surface area contributed by atoms with Gasteiger partial charge < -0.3 is 23.9 Å². The van der Waals surface area contributed by atoms with E-state index in [1.165, 1.54) is 6.26 Å². The molecule has 0 fully saturated rings. The summed E-state index contributed by atoms with van der Waals surface area (Å²) in [5, 5.41) is 9.10. The predicted octanol–water partition coefficient (Wildman–Crippen LogP) is 8.75. The number of hydrogen-bond donors (Lipinski definition) is 3. The van der Waals surface area contributed by atoms with Crippen molar-refractivity contribution in [3.8, 4) is 67.3 Å². The lowest BCUT2D eigenvalue weighted by atomic mass is 9.83. The fourth-order valence-corrected chi connectivity index (χ4v) is 7.39. The molecule has 0 bridgehead atoms. The highest BCUT2D eigenvalue weighted by molar-refractivity contribution is 7.21. The molecule has 0 aliphatic heterocycles. The van der Waals surface area contributed by atoms with Crippen molar-refractivity contribution in [3.63, 3.8) is 0 Å². The average molecular weight is 644 g/mol. The van der Waals surface area contributed by atoms with Crippen molar-refractivity contribution in [2.45, 2.75) is 0 Å². The first kappa shape index (κ1) is 26.5. The van der Waals surface area contributed by atoms with Crippen LogP contribution >= 0.6 is 11.3 Å². The maximum absolute atomic E-state index is 6.61. The Bertz CT molecular complexity index is 2510. The lowest BCUT2D eigenvalue weighted by molar-refractivity contribution is 0.393. The molecule has 48 heavy (non-hydrogen) atoms. The van der Waals surface area contributed by atoms with Gasteiger partial charge in [-0.3, -0.25) is 0 Å². The zero-order chi connectivity index (χ0) is 31.6. The fourth-order valence-electron chi connectivity index (χ4n) is 6.37. The molecule has 6 heterocycles. The summed E-state index contributed by atoms with van der Waals surface area (Å²) in [6.07, 6.45) is 6.93. The average Bonchev–Trinajstić information content (AvgIpc) is 3.98. The Kier molecular flexibility index (Phi) is 5.77. The number of hydrogen-bond acceptors (Lipinski definition) is 9. The second-order valence-corrected chi connectivity index (χ2v) is 12.2. The van der Waals surface area contributed by atoms with Crippen LogP contribution < -0.4 is 0 Å². The number of H-pyrrole nitrogens is 3. The minimum Gasteiger partial charge on any atom is -0.436 e. The normalized spacial score (nSPS) is 11.8. The quantitative estimate of drug-likeness (QED) is 0.163. The van der Waals surface area contributed by atoms with Gasteiger partial charge in [0, 0.05) is 57.4 Å². The molecule has 0 saturated heterocycles. The van der Waals surface area contributed by atoms with E-state index in [2.05, 4.69) is 31.4 Å². The van der Waals surface area contributed by atoms with E-state index in [4.69, 9.17) is 28.9 Å². The number of imidazole rings is 2. The number of benzene rings is 4. The van der Waals surface area contributed by atoms with Gasteiger partial charge in [-0.25, -0.2) is 19.9 Å². The Balaban J connectivity index is 1.49. The van der Waals surface area contributed by atoms with Gasteiger partial charge in [0.25, 0.3) is 0 Å². The summed E-state index contributed by atoms with van der Waals surface area (Å²) in [4.78, 5) is 30.6. The van der Waals surface area contributed by atoms with Gasteiger partial charge in [0.1, 0.15) is 27.9 Å². The van der Waals surface area contributed by atoms with Crippen molar-refractivity contribution in [2.24, 2.45) is 0 Å². The number of aromatic nitrogens is 9. The molecule has 6 aromatic heterocycles. The Labute approximate surface area is 274 Å².